The summed E-state index contributed by atoms with van der Waals surface area (Å²) in [7, 11) is 0. The second-order valence-electron chi connectivity index (χ2n) is 6.78. The van der Waals surface area contributed by atoms with Crippen molar-refractivity contribution in [1.29, 1.82) is 0 Å². The van der Waals surface area contributed by atoms with E-state index in [-0.39, 0.29) is 11.9 Å². The molecule has 1 aliphatic heterocycles. The Bertz CT molecular complexity index is 925. The summed E-state index contributed by atoms with van der Waals surface area (Å²) in [5, 5.41) is 8.07. The van der Waals surface area contributed by atoms with E-state index in [1.165, 1.54) is 5.56 Å². The van der Waals surface area contributed by atoms with Crippen LogP contribution in [-0.2, 0) is 6.54 Å². The molecule has 2 aromatic carbocycles. The Labute approximate surface area is 163 Å². The van der Waals surface area contributed by atoms with E-state index in [2.05, 4.69) is 39.6 Å². The van der Waals surface area contributed by atoms with Gasteiger partial charge < -0.3 is 5.32 Å². The van der Waals surface area contributed by atoms with Crippen molar-refractivity contribution in [3.63, 3.8) is 0 Å². The van der Waals surface area contributed by atoms with Crippen LogP contribution in [0.2, 0.25) is 5.02 Å². The first-order chi connectivity index (χ1) is 13.2. The predicted molar refractivity (Wildman–Crippen MR) is 106 cm³/mol. The minimum atomic E-state index is -0.146. The summed E-state index contributed by atoms with van der Waals surface area (Å²) in [4.78, 5) is 14.9. The number of aromatic nitrogens is 2. The minimum absolute atomic E-state index is 0.145. The highest BCUT2D eigenvalue weighted by atomic mass is 35.5. The van der Waals surface area contributed by atoms with Gasteiger partial charge in [-0.15, -0.1) is 0 Å². The zero-order chi connectivity index (χ0) is 18.6. The van der Waals surface area contributed by atoms with Crippen LogP contribution in [0.15, 0.2) is 66.9 Å². The fourth-order valence-electron chi connectivity index (χ4n) is 3.41. The van der Waals surface area contributed by atoms with Crippen molar-refractivity contribution < 1.29 is 4.79 Å². The van der Waals surface area contributed by atoms with Crippen LogP contribution in [-0.4, -0.2) is 39.7 Å². The van der Waals surface area contributed by atoms with Crippen LogP contribution in [0.25, 0.3) is 5.69 Å². The minimum Gasteiger partial charge on any atom is -0.347 e. The SMILES string of the molecule is O=C(NC1CCN(Cc2ccccc2)C1)c1ccn(-c2ccccc2Cl)n1. The molecule has 138 valence electrons. The molecule has 1 unspecified atom stereocenters. The third-order valence-corrected chi connectivity index (χ3v) is 5.10. The number of hydrogen-bond acceptors (Lipinski definition) is 3. The van der Waals surface area contributed by atoms with E-state index in [1.807, 2.05) is 24.3 Å². The molecule has 2 heterocycles. The van der Waals surface area contributed by atoms with Crippen molar-refractivity contribution in [2.24, 2.45) is 0 Å². The highest BCUT2D eigenvalue weighted by Crippen LogP contribution is 2.19. The second-order valence-corrected chi connectivity index (χ2v) is 7.18. The van der Waals surface area contributed by atoms with Gasteiger partial charge in [0, 0.05) is 31.9 Å². The summed E-state index contributed by atoms with van der Waals surface area (Å²) in [5.41, 5.74) is 2.45. The summed E-state index contributed by atoms with van der Waals surface area (Å²) >= 11 is 6.20. The van der Waals surface area contributed by atoms with E-state index in [4.69, 9.17) is 11.6 Å². The molecule has 1 N–H and O–H groups in total. The van der Waals surface area contributed by atoms with Gasteiger partial charge in [-0.3, -0.25) is 9.69 Å². The first kappa shape index (κ1) is 17.8. The van der Waals surface area contributed by atoms with Gasteiger partial charge in [-0.2, -0.15) is 5.10 Å². The highest BCUT2D eigenvalue weighted by Gasteiger charge is 2.25. The molecule has 1 fully saturated rings. The summed E-state index contributed by atoms with van der Waals surface area (Å²) < 4.78 is 1.63. The van der Waals surface area contributed by atoms with Crippen LogP contribution in [0.1, 0.15) is 22.5 Å². The topological polar surface area (TPSA) is 50.2 Å². The Hall–Kier alpha value is -2.63. The molecule has 0 spiro atoms. The summed E-state index contributed by atoms with van der Waals surface area (Å²) in [6.07, 6.45) is 2.70. The van der Waals surface area contributed by atoms with Gasteiger partial charge in [-0.05, 0) is 30.2 Å². The van der Waals surface area contributed by atoms with Gasteiger partial charge in [-0.1, -0.05) is 54.1 Å². The number of carbonyl (C=O) groups excluding carboxylic acids is 1. The summed E-state index contributed by atoms with van der Waals surface area (Å²) in [5.74, 6) is -0.146. The van der Waals surface area contributed by atoms with E-state index in [0.717, 1.165) is 31.7 Å². The number of nitrogens with one attached hydrogen (secondary N) is 1. The normalized spacial score (nSPS) is 17.1. The number of nitrogens with zero attached hydrogens (tertiary/aromatic N) is 3. The van der Waals surface area contributed by atoms with E-state index < -0.39 is 0 Å². The van der Waals surface area contributed by atoms with Crippen LogP contribution in [0, 0.1) is 0 Å². The van der Waals surface area contributed by atoms with Gasteiger partial charge in [-0.25, -0.2) is 4.68 Å². The third-order valence-electron chi connectivity index (χ3n) is 4.78. The molecular weight excluding hydrogens is 360 g/mol. The average molecular weight is 381 g/mol. The largest absolute Gasteiger partial charge is 0.347 e. The number of hydrogen-bond donors (Lipinski definition) is 1. The number of rotatable bonds is 5. The Kier molecular flexibility index (Phi) is 5.23. The van der Waals surface area contributed by atoms with Crippen LogP contribution >= 0.6 is 11.6 Å². The molecule has 0 aliphatic carbocycles. The van der Waals surface area contributed by atoms with Crippen LogP contribution in [0.5, 0.6) is 0 Å². The number of halogens is 1. The molecule has 0 radical (unpaired) electrons. The number of likely N-dealkylation sites (tertiary alicyclic amines) is 1. The van der Waals surface area contributed by atoms with E-state index in [9.17, 15) is 4.79 Å². The van der Waals surface area contributed by atoms with Gasteiger partial charge in [0.15, 0.2) is 5.69 Å². The van der Waals surface area contributed by atoms with Gasteiger partial charge in [0.1, 0.15) is 0 Å². The van der Waals surface area contributed by atoms with Crippen LogP contribution in [0.4, 0.5) is 0 Å². The lowest BCUT2D eigenvalue weighted by Crippen LogP contribution is -2.37. The van der Waals surface area contributed by atoms with Crippen molar-refractivity contribution in [2.75, 3.05) is 13.1 Å². The molecule has 3 aromatic rings. The van der Waals surface area contributed by atoms with Crippen molar-refractivity contribution in [1.82, 2.24) is 20.0 Å². The fourth-order valence-corrected chi connectivity index (χ4v) is 3.63. The summed E-state index contributed by atoms with van der Waals surface area (Å²) in [6, 6.07) is 19.7. The lowest BCUT2D eigenvalue weighted by Gasteiger charge is -2.16. The number of amides is 1. The lowest BCUT2D eigenvalue weighted by molar-refractivity contribution is 0.0932. The molecule has 6 heteroatoms. The van der Waals surface area contributed by atoms with E-state index in [0.29, 0.717) is 10.7 Å². The Balaban J connectivity index is 1.35. The van der Waals surface area contributed by atoms with Gasteiger partial charge in [0.05, 0.1) is 10.7 Å². The first-order valence-electron chi connectivity index (χ1n) is 9.07. The maximum Gasteiger partial charge on any atom is 0.272 e. The van der Waals surface area contributed by atoms with Gasteiger partial charge in [0.2, 0.25) is 0 Å². The smallest absolute Gasteiger partial charge is 0.272 e. The van der Waals surface area contributed by atoms with Crippen molar-refractivity contribution in [3.05, 3.63) is 83.1 Å². The quantitative estimate of drug-likeness (QED) is 0.736. The Morgan fingerprint density at radius 1 is 1.11 bits per heavy atom. The molecule has 1 aromatic heterocycles. The van der Waals surface area contributed by atoms with Crippen molar-refractivity contribution in [2.45, 2.75) is 19.0 Å². The maximum atomic E-state index is 12.6. The molecule has 1 saturated heterocycles. The number of benzene rings is 2. The lowest BCUT2D eigenvalue weighted by atomic mass is 10.2. The molecule has 27 heavy (non-hydrogen) atoms. The molecule has 5 nitrogen and oxygen atoms in total. The van der Waals surface area contributed by atoms with E-state index in [1.54, 1.807) is 23.0 Å². The van der Waals surface area contributed by atoms with Gasteiger partial charge >= 0.3 is 0 Å². The molecule has 0 bridgehead atoms. The highest BCUT2D eigenvalue weighted by molar-refractivity contribution is 6.32. The van der Waals surface area contributed by atoms with Crippen molar-refractivity contribution >= 4 is 17.5 Å². The first-order valence-corrected chi connectivity index (χ1v) is 9.44. The zero-order valence-corrected chi connectivity index (χ0v) is 15.6. The molecule has 1 atom stereocenters. The molecule has 1 aliphatic rings. The van der Waals surface area contributed by atoms with Crippen LogP contribution < -0.4 is 5.32 Å². The molecule has 4 rings (SSSR count). The Morgan fingerprint density at radius 2 is 1.89 bits per heavy atom. The van der Waals surface area contributed by atoms with E-state index >= 15 is 0 Å². The molecular formula is C21H21ClN4O. The Morgan fingerprint density at radius 3 is 2.70 bits per heavy atom. The average Bonchev–Trinajstić information content (AvgIpc) is 3.33. The maximum absolute atomic E-state index is 12.6. The number of carbonyl (C=O) groups is 1. The monoisotopic (exact) mass is 380 g/mol. The predicted octanol–water partition coefficient (Wildman–Crippen LogP) is 3.53. The van der Waals surface area contributed by atoms with Crippen LogP contribution in [0.3, 0.4) is 0 Å². The number of para-hydroxylation sites is 1. The zero-order valence-electron chi connectivity index (χ0n) is 14.9. The molecule has 0 saturated carbocycles. The van der Waals surface area contributed by atoms with Crippen molar-refractivity contribution in [3.8, 4) is 5.69 Å². The van der Waals surface area contributed by atoms with Gasteiger partial charge in [0.25, 0.3) is 5.91 Å². The fraction of sp³-hybridized carbons (Fsp3) is 0.238. The summed E-state index contributed by atoms with van der Waals surface area (Å²) in [6.45, 7) is 2.74. The standard InChI is InChI=1S/C21H21ClN4O/c22-18-8-4-5-9-20(18)26-13-11-19(24-26)21(27)23-17-10-12-25(15-17)14-16-6-2-1-3-7-16/h1-9,11,13,17H,10,12,14-15H2,(H,23,27). The second kappa shape index (κ2) is 7.94. The molecule has 1 amide bonds. The third kappa shape index (κ3) is 4.21.